The van der Waals surface area contributed by atoms with Crippen LogP contribution in [0.15, 0.2) is 22.3 Å². The van der Waals surface area contributed by atoms with Crippen LogP contribution in [0.5, 0.6) is 0 Å². The first-order chi connectivity index (χ1) is 10.2. The van der Waals surface area contributed by atoms with Gasteiger partial charge < -0.3 is 4.98 Å². The van der Waals surface area contributed by atoms with Crippen LogP contribution in [0.25, 0.3) is 0 Å². The van der Waals surface area contributed by atoms with E-state index in [4.69, 9.17) is 0 Å². The lowest BCUT2D eigenvalue weighted by atomic mass is 9.98. The molecular formula is C16H19N3OS. The minimum atomic E-state index is 0.0705. The third-order valence-corrected chi connectivity index (χ3v) is 5.64. The number of nitrogens with zero attached hydrogens (tertiary/aromatic N) is 2. The first kappa shape index (κ1) is 13.2. The highest BCUT2D eigenvalue weighted by Gasteiger charge is 2.38. The van der Waals surface area contributed by atoms with Crippen LogP contribution >= 0.6 is 11.3 Å². The molecule has 1 N–H and O–H groups in total. The van der Waals surface area contributed by atoms with E-state index >= 15 is 0 Å². The lowest BCUT2D eigenvalue weighted by Gasteiger charge is -2.27. The SMILES string of the molecule is Cc1nc2c(c(=O)[nH]1)C[C@@H]1CC[C@H](C2)N1Cc1cccs1. The zero-order valence-electron chi connectivity index (χ0n) is 12.1. The molecule has 0 aliphatic carbocycles. The van der Waals surface area contributed by atoms with Crippen molar-refractivity contribution in [3.05, 3.63) is 49.8 Å². The molecule has 0 saturated carbocycles. The second-order valence-electron chi connectivity index (χ2n) is 6.12. The van der Waals surface area contributed by atoms with Crippen LogP contribution in [-0.4, -0.2) is 27.0 Å². The minimum absolute atomic E-state index is 0.0705. The molecule has 2 aromatic rings. The normalized spacial score (nSPS) is 24.8. The summed E-state index contributed by atoms with van der Waals surface area (Å²) in [7, 11) is 0. The van der Waals surface area contributed by atoms with Crippen LogP contribution in [0.4, 0.5) is 0 Å². The van der Waals surface area contributed by atoms with Gasteiger partial charge in [0, 0.05) is 35.5 Å². The summed E-state index contributed by atoms with van der Waals surface area (Å²) in [4.78, 5) is 23.7. The highest BCUT2D eigenvalue weighted by Crippen LogP contribution is 2.34. The number of rotatable bonds is 2. The number of thiophene rings is 1. The van der Waals surface area contributed by atoms with Crippen molar-refractivity contribution in [2.45, 2.75) is 51.2 Å². The summed E-state index contributed by atoms with van der Waals surface area (Å²) in [5.41, 5.74) is 2.02. The molecular weight excluding hydrogens is 282 g/mol. The standard InChI is InChI=1S/C16H19N3OS/c1-10-17-15-8-12-5-4-11(7-14(15)16(20)18-10)19(12)9-13-3-2-6-21-13/h2-3,6,11-12H,4-5,7-9H2,1H3,(H,17,18,20)/t11-,12+/m0/s1. The molecule has 0 spiro atoms. The van der Waals surface area contributed by atoms with Crippen molar-refractivity contribution in [3.8, 4) is 0 Å². The van der Waals surface area contributed by atoms with E-state index in [9.17, 15) is 4.79 Å². The van der Waals surface area contributed by atoms with Gasteiger partial charge in [-0.05, 0) is 37.6 Å². The Labute approximate surface area is 127 Å². The minimum Gasteiger partial charge on any atom is -0.311 e. The number of aromatic amines is 1. The van der Waals surface area contributed by atoms with E-state index in [1.54, 1.807) is 0 Å². The number of H-pyrrole nitrogens is 1. The predicted molar refractivity (Wildman–Crippen MR) is 83.7 cm³/mol. The van der Waals surface area contributed by atoms with E-state index < -0.39 is 0 Å². The Hall–Kier alpha value is -1.46. The van der Waals surface area contributed by atoms with Gasteiger partial charge in [-0.2, -0.15) is 0 Å². The van der Waals surface area contributed by atoms with Gasteiger partial charge in [0.1, 0.15) is 5.82 Å². The van der Waals surface area contributed by atoms with E-state index in [1.165, 1.54) is 17.7 Å². The monoisotopic (exact) mass is 301 g/mol. The second kappa shape index (κ2) is 5.07. The van der Waals surface area contributed by atoms with Crippen LogP contribution in [-0.2, 0) is 19.4 Å². The fourth-order valence-corrected chi connectivity index (χ4v) is 4.51. The summed E-state index contributed by atoms with van der Waals surface area (Å²) in [6.07, 6.45) is 4.19. The maximum absolute atomic E-state index is 12.2. The molecule has 0 aromatic carbocycles. The summed E-state index contributed by atoms with van der Waals surface area (Å²) >= 11 is 1.82. The number of hydrogen-bond donors (Lipinski definition) is 1. The van der Waals surface area contributed by atoms with Gasteiger partial charge in [-0.3, -0.25) is 9.69 Å². The Bertz CT molecular complexity index is 707. The Morgan fingerprint density at radius 1 is 1.38 bits per heavy atom. The zero-order valence-corrected chi connectivity index (χ0v) is 12.9. The van der Waals surface area contributed by atoms with Crippen molar-refractivity contribution in [2.24, 2.45) is 0 Å². The molecule has 4 nitrogen and oxygen atoms in total. The van der Waals surface area contributed by atoms with E-state index in [0.29, 0.717) is 12.1 Å². The molecule has 21 heavy (non-hydrogen) atoms. The van der Waals surface area contributed by atoms with Crippen molar-refractivity contribution in [1.29, 1.82) is 0 Å². The average Bonchev–Trinajstić information content (AvgIpc) is 3.01. The fourth-order valence-electron chi connectivity index (χ4n) is 3.80. The maximum atomic E-state index is 12.2. The van der Waals surface area contributed by atoms with Crippen molar-refractivity contribution >= 4 is 11.3 Å². The van der Waals surface area contributed by atoms with E-state index in [0.717, 1.165) is 36.5 Å². The molecule has 2 aromatic heterocycles. The van der Waals surface area contributed by atoms with Gasteiger partial charge in [-0.25, -0.2) is 4.98 Å². The Morgan fingerprint density at radius 2 is 2.19 bits per heavy atom. The summed E-state index contributed by atoms with van der Waals surface area (Å²) in [5.74, 6) is 0.737. The molecule has 110 valence electrons. The third-order valence-electron chi connectivity index (χ3n) is 4.78. The Kier molecular flexibility index (Phi) is 3.19. The molecule has 1 saturated heterocycles. The van der Waals surface area contributed by atoms with Crippen LogP contribution in [0.2, 0.25) is 0 Å². The lowest BCUT2D eigenvalue weighted by Crippen LogP contribution is -2.36. The highest BCUT2D eigenvalue weighted by molar-refractivity contribution is 7.09. The molecule has 4 rings (SSSR count). The van der Waals surface area contributed by atoms with Gasteiger partial charge in [0.15, 0.2) is 0 Å². The largest absolute Gasteiger partial charge is 0.311 e. The summed E-state index contributed by atoms with van der Waals surface area (Å²) in [6, 6.07) is 5.34. The summed E-state index contributed by atoms with van der Waals surface area (Å²) in [6.45, 7) is 2.88. The van der Waals surface area contributed by atoms with Gasteiger partial charge in [0.05, 0.1) is 5.69 Å². The molecule has 2 aliphatic rings. The lowest BCUT2D eigenvalue weighted by molar-refractivity contribution is 0.189. The average molecular weight is 301 g/mol. The molecule has 5 heteroatoms. The van der Waals surface area contributed by atoms with Crippen molar-refractivity contribution in [1.82, 2.24) is 14.9 Å². The number of hydrogen-bond acceptors (Lipinski definition) is 4. The smallest absolute Gasteiger partial charge is 0.254 e. The first-order valence-corrected chi connectivity index (χ1v) is 8.45. The van der Waals surface area contributed by atoms with Crippen molar-refractivity contribution < 1.29 is 0 Å². The summed E-state index contributed by atoms with van der Waals surface area (Å²) in [5, 5.41) is 2.14. The molecule has 1 fully saturated rings. The molecule has 2 bridgehead atoms. The topological polar surface area (TPSA) is 49.0 Å². The van der Waals surface area contributed by atoms with Crippen molar-refractivity contribution in [2.75, 3.05) is 0 Å². The van der Waals surface area contributed by atoms with Crippen LogP contribution in [0.3, 0.4) is 0 Å². The number of aryl methyl sites for hydroxylation is 1. The van der Waals surface area contributed by atoms with Gasteiger partial charge in [0.25, 0.3) is 5.56 Å². The first-order valence-electron chi connectivity index (χ1n) is 7.57. The zero-order chi connectivity index (χ0) is 14.4. The van der Waals surface area contributed by atoms with Crippen LogP contribution < -0.4 is 5.56 Å². The van der Waals surface area contributed by atoms with E-state index in [-0.39, 0.29) is 5.56 Å². The van der Waals surface area contributed by atoms with Gasteiger partial charge in [0.2, 0.25) is 0 Å². The van der Waals surface area contributed by atoms with Gasteiger partial charge in [-0.15, -0.1) is 11.3 Å². The molecule has 2 atom stereocenters. The molecule has 4 heterocycles. The summed E-state index contributed by atoms with van der Waals surface area (Å²) < 4.78 is 0. The molecule has 0 unspecified atom stereocenters. The third kappa shape index (κ3) is 2.34. The van der Waals surface area contributed by atoms with E-state index in [1.807, 2.05) is 18.3 Å². The van der Waals surface area contributed by atoms with Gasteiger partial charge >= 0.3 is 0 Å². The molecule has 0 amide bonds. The molecule has 0 radical (unpaired) electrons. The number of fused-ring (bicyclic) bond motifs is 3. The number of aromatic nitrogens is 2. The van der Waals surface area contributed by atoms with Crippen LogP contribution in [0, 0.1) is 6.92 Å². The Balaban J connectivity index is 1.68. The van der Waals surface area contributed by atoms with Crippen LogP contribution in [0.1, 0.15) is 34.8 Å². The van der Waals surface area contributed by atoms with Crippen molar-refractivity contribution in [3.63, 3.8) is 0 Å². The quantitative estimate of drug-likeness (QED) is 0.926. The Morgan fingerprint density at radius 3 is 2.95 bits per heavy atom. The fraction of sp³-hybridized carbons (Fsp3) is 0.500. The number of nitrogens with one attached hydrogen (secondary N) is 1. The maximum Gasteiger partial charge on any atom is 0.254 e. The molecule has 2 aliphatic heterocycles. The van der Waals surface area contributed by atoms with E-state index in [2.05, 4.69) is 32.4 Å². The predicted octanol–water partition coefficient (Wildman–Crippen LogP) is 2.27. The van der Waals surface area contributed by atoms with Gasteiger partial charge in [-0.1, -0.05) is 6.07 Å². The second-order valence-corrected chi connectivity index (χ2v) is 7.15. The highest BCUT2D eigenvalue weighted by atomic mass is 32.1.